The van der Waals surface area contributed by atoms with Crippen molar-refractivity contribution < 1.29 is 0 Å². The van der Waals surface area contributed by atoms with Crippen LogP contribution >= 0.6 is 0 Å². The van der Waals surface area contributed by atoms with Crippen LogP contribution in [0.2, 0.25) is 0 Å². The van der Waals surface area contributed by atoms with Crippen molar-refractivity contribution in [2.24, 2.45) is 0 Å². The smallest absolute Gasteiger partial charge is 0.270 e. The average molecular weight is 625 g/mol. The van der Waals surface area contributed by atoms with Crippen LogP contribution in [0, 0.1) is 57.3 Å². The number of rotatable bonds is 9. The fraction of sp³-hybridized carbons (Fsp3) is 0.175. The average Bonchev–Trinajstić information content (AvgIpc) is 3.53. The summed E-state index contributed by atoms with van der Waals surface area (Å²) in [6.07, 6.45) is 12.5. The number of hydrogen-bond donors (Lipinski definition) is 1. The summed E-state index contributed by atoms with van der Waals surface area (Å²) < 4.78 is 0. The number of piperazine rings is 1. The van der Waals surface area contributed by atoms with Crippen molar-refractivity contribution in [1.29, 1.82) is 26.5 Å². The third kappa shape index (κ3) is 8.10. The van der Waals surface area contributed by atoms with Crippen molar-refractivity contribution in [3.05, 3.63) is 159 Å². The lowest BCUT2D eigenvalue weighted by atomic mass is 9.94. The third-order valence-electron chi connectivity index (χ3n) is 8.06. The maximum Gasteiger partial charge on any atom is 0.270 e. The van der Waals surface area contributed by atoms with E-state index < -0.39 is 0 Å². The predicted octanol–water partition coefficient (Wildman–Crippen LogP) is 7.30. The Morgan fingerprint density at radius 1 is 0.812 bits per heavy atom. The number of nitriles is 4. The van der Waals surface area contributed by atoms with Gasteiger partial charge in [-0.05, 0) is 60.2 Å². The maximum absolute atomic E-state index is 10.1. The molecule has 8 nitrogen and oxygen atoms in total. The first kappa shape index (κ1) is 34.2. The number of likely N-dealkylation sites (N-methyl/N-ethyl adjacent to an activating group) is 1. The van der Waals surface area contributed by atoms with E-state index in [1.54, 1.807) is 54.6 Å². The Bertz CT molecular complexity index is 2010. The lowest BCUT2D eigenvalue weighted by Gasteiger charge is -2.36. The van der Waals surface area contributed by atoms with Crippen LogP contribution in [0.3, 0.4) is 0 Å². The molecule has 0 bridgehead atoms. The minimum atomic E-state index is -0.142. The van der Waals surface area contributed by atoms with Crippen LogP contribution in [0.5, 0.6) is 0 Å². The maximum atomic E-state index is 10.1. The highest BCUT2D eigenvalue weighted by atomic mass is 15.3. The van der Waals surface area contributed by atoms with Crippen molar-refractivity contribution in [3.63, 3.8) is 0 Å². The molecule has 1 fully saturated rings. The quantitative estimate of drug-likeness (QED) is 0.135. The second kappa shape index (κ2) is 17.1. The third-order valence-corrected chi connectivity index (χ3v) is 8.06. The first-order valence-corrected chi connectivity index (χ1v) is 15.3. The molecule has 8 heteroatoms. The lowest BCUT2D eigenvalue weighted by Crippen LogP contribution is -2.44. The molecule has 2 aromatic carbocycles. The molecule has 1 heterocycles. The highest BCUT2D eigenvalue weighted by Gasteiger charge is 2.25. The number of hydrogen-bond acceptors (Lipinski definition) is 7. The van der Waals surface area contributed by atoms with Crippen LogP contribution in [0.25, 0.3) is 16.0 Å². The van der Waals surface area contributed by atoms with Crippen LogP contribution in [-0.2, 0) is 0 Å². The van der Waals surface area contributed by atoms with E-state index >= 15 is 0 Å². The van der Waals surface area contributed by atoms with Gasteiger partial charge in [0.25, 0.3) is 5.70 Å². The summed E-state index contributed by atoms with van der Waals surface area (Å²) >= 11 is 0. The van der Waals surface area contributed by atoms with E-state index in [2.05, 4.69) is 39.7 Å². The molecule has 4 rings (SSSR count). The van der Waals surface area contributed by atoms with Gasteiger partial charge in [-0.2, -0.15) is 15.8 Å². The van der Waals surface area contributed by atoms with E-state index in [-0.39, 0.29) is 22.4 Å². The standard InChI is InChI=1S/C40H32N8/c1-46-37(29-45)39(31-13-7-4-8-14-31)35(26-42)18-10-16-33-20-19-32(40(33)48-23-21-47(2)22-24-48)15-9-17-34(25-41)38(36(27-43)28-44)30-11-5-3-6-12-30/h3-18,43H,19-24H2,2H3/b16-10+,17-9+,32-15?,35-18+,38-34-,39-37+. The van der Waals surface area contributed by atoms with Gasteiger partial charge in [0.1, 0.15) is 11.6 Å². The fourth-order valence-electron chi connectivity index (χ4n) is 5.69. The Kier molecular flexibility index (Phi) is 12.2. The topological polar surface area (TPSA) is 130 Å². The monoisotopic (exact) mass is 624 g/mol. The van der Waals surface area contributed by atoms with Crippen molar-refractivity contribution >= 4 is 17.0 Å². The number of allylic oxidation sites excluding steroid dienone is 14. The van der Waals surface area contributed by atoms with E-state index in [1.165, 1.54) is 0 Å². The lowest BCUT2D eigenvalue weighted by molar-refractivity contribution is 0.188. The first-order valence-electron chi connectivity index (χ1n) is 15.3. The Hall–Kier alpha value is -6.72. The summed E-state index contributed by atoms with van der Waals surface area (Å²) in [5, 5.41) is 47.1. The molecule has 0 atom stereocenters. The molecule has 0 spiro atoms. The van der Waals surface area contributed by atoms with Gasteiger partial charge in [-0.15, -0.1) is 0 Å². The van der Waals surface area contributed by atoms with E-state index in [9.17, 15) is 21.0 Å². The zero-order chi connectivity index (χ0) is 34.3. The van der Waals surface area contributed by atoms with E-state index in [1.807, 2.05) is 54.6 Å². The zero-order valence-electron chi connectivity index (χ0n) is 26.6. The summed E-state index contributed by atoms with van der Waals surface area (Å²) in [5.41, 5.74) is 5.58. The summed E-state index contributed by atoms with van der Waals surface area (Å²) in [6.45, 7) is 11.0. The van der Waals surface area contributed by atoms with Crippen LogP contribution in [0.4, 0.5) is 0 Å². The fourth-order valence-corrected chi connectivity index (χ4v) is 5.69. The van der Waals surface area contributed by atoms with Crippen molar-refractivity contribution in [2.45, 2.75) is 12.8 Å². The van der Waals surface area contributed by atoms with Crippen molar-refractivity contribution in [3.8, 4) is 24.3 Å². The van der Waals surface area contributed by atoms with E-state index in [0.717, 1.165) is 55.9 Å². The SMILES string of the molecule is [C-]#[N+]/C(C#N)=C(/C(C#N)=C/C=C/C1=C(N2CCN(C)CC2)C(=C/C=C/C(C#N)=C(/C(=C=N)C#N)c2ccccc2)CC1)c1ccccc1. The zero-order valence-corrected chi connectivity index (χ0v) is 26.6. The molecule has 0 radical (unpaired) electrons. The van der Waals surface area contributed by atoms with Gasteiger partial charge in [-0.3, -0.25) is 5.41 Å². The van der Waals surface area contributed by atoms with Gasteiger partial charge in [0.05, 0.1) is 35.9 Å². The molecule has 1 aliphatic carbocycles. The normalized spacial score (nSPS) is 17.1. The highest BCUT2D eigenvalue weighted by Crippen LogP contribution is 2.36. The molecule has 0 amide bonds. The molecular formula is C40H32N8. The van der Waals surface area contributed by atoms with Gasteiger partial charge in [0.2, 0.25) is 0 Å². The van der Waals surface area contributed by atoms with Crippen LogP contribution in [-0.4, -0.2) is 48.9 Å². The molecule has 48 heavy (non-hydrogen) atoms. The van der Waals surface area contributed by atoms with E-state index in [0.29, 0.717) is 22.3 Å². The molecule has 1 N–H and O–H groups in total. The number of benzene rings is 2. The highest BCUT2D eigenvalue weighted by molar-refractivity contribution is 5.95. The van der Waals surface area contributed by atoms with E-state index in [4.69, 9.17) is 12.0 Å². The van der Waals surface area contributed by atoms with Gasteiger partial charge in [-0.25, -0.2) is 10.1 Å². The number of nitrogens with zero attached hydrogens (tertiary/aromatic N) is 7. The van der Waals surface area contributed by atoms with Gasteiger partial charge in [0.15, 0.2) is 0 Å². The van der Waals surface area contributed by atoms with Gasteiger partial charge in [-0.1, -0.05) is 85.0 Å². The summed E-state index contributed by atoms with van der Waals surface area (Å²) in [5.74, 6) is 2.18. The molecule has 0 unspecified atom stereocenters. The summed E-state index contributed by atoms with van der Waals surface area (Å²) in [6, 6.07) is 26.4. The molecule has 2 aliphatic rings. The Balaban J connectivity index is 1.76. The molecule has 0 saturated carbocycles. The van der Waals surface area contributed by atoms with Gasteiger partial charge < -0.3 is 9.80 Å². The first-order chi connectivity index (χ1) is 23.5. The number of nitrogens with one attached hydrogen (secondary N) is 1. The second-order valence-corrected chi connectivity index (χ2v) is 11.0. The van der Waals surface area contributed by atoms with Crippen LogP contribution in [0.15, 0.2) is 136 Å². The summed E-state index contributed by atoms with van der Waals surface area (Å²) in [7, 11) is 2.10. The van der Waals surface area contributed by atoms with Crippen molar-refractivity contribution in [2.75, 3.05) is 33.2 Å². The second-order valence-electron chi connectivity index (χ2n) is 11.0. The molecule has 1 saturated heterocycles. The van der Waals surface area contributed by atoms with Gasteiger partial charge in [0, 0.05) is 43.0 Å². The molecule has 2 aromatic rings. The van der Waals surface area contributed by atoms with Crippen LogP contribution in [0.1, 0.15) is 24.0 Å². The van der Waals surface area contributed by atoms with Crippen molar-refractivity contribution in [1.82, 2.24) is 9.80 Å². The summed E-state index contributed by atoms with van der Waals surface area (Å²) in [4.78, 5) is 8.04. The molecule has 0 aromatic heterocycles. The van der Waals surface area contributed by atoms with Crippen LogP contribution < -0.4 is 0 Å². The molecular weight excluding hydrogens is 592 g/mol. The Morgan fingerprint density at radius 3 is 2.00 bits per heavy atom. The Labute approximate surface area is 282 Å². The molecule has 1 aliphatic heterocycles. The Morgan fingerprint density at radius 2 is 1.46 bits per heavy atom. The predicted molar refractivity (Wildman–Crippen MR) is 187 cm³/mol. The largest absolute Gasteiger partial charge is 0.369 e. The minimum absolute atomic E-state index is 0.0188. The molecule has 232 valence electrons. The minimum Gasteiger partial charge on any atom is -0.369 e. The van der Waals surface area contributed by atoms with Gasteiger partial charge >= 0.3 is 0 Å².